The summed E-state index contributed by atoms with van der Waals surface area (Å²) in [4.78, 5) is 4.77. The van der Waals surface area contributed by atoms with E-state index in [0.29, 0.717) is 0 Å². The summed E-state index contributed by atoms with van der Waals surface area (Å²) in [6.45, 7) is 4.72. The van der Waals surface area contributed by atoms with Crippen molar-refractivity contribution < 1.29 is 0 Å². The normalized spacial score (nSPS) is 15.6. The fourth-order valence-corrected chi connectivity index (χ4v) is 3.76. The molecule has 2 aromatic carbocycles. The summed E-state index contributed by atoms with van der Waals surface area (Å²) >= 11 is 3.49. The van der Waals surface area contributed by atoms with Crippen LogP contribution >= 0.6 is 15.9 Å². The molecule has 1 unspecified atom stereocenters. The molecule has 29 heavy (non-hydrogen) atoms. The van der Waals surface area contributed by atoms with E-state index < -0.39 is 0 Å². The second kappa shape index (κ2) is 8.95. The molecule has 1 aliphatic heterocycles. The number of benzene rings is 2. The quantitative estimate of drug-likeness (QED) is 0.460. The Morgan fingerprint density at radius 3 is 2.55 bits per heavy atom. The van der Waals surface area contributed by atoms with E-state index in [-0.39, 0.29) is 6.04 Å². The van der Waals surface area contributed by atoms with Crippen molar-refractivity contribution in [2.24, 2.45) is 5.73 Å². The molecule has 0 radical (unpaired) electrons. The molecule has 2 heterocycles. The molecule has 0 bridgehead atoms. The second-order valence-corrected chi connectivity index (χ2v) is 8.25. The van der Waals surface area contributed by atoms with Crippen molar-refractivity contribution in [1.29, 1.82) is 0 Å². The fraction of sp³-hybridized carbons (Fsp3) is 0.261. The van der Waals surface area contributed by atoms with E-state index >= 15 is 0 Å². The summed E-state index contributed by atoms with van der Waals surface area (Å²) in [6, 6.07) is 17.2. The molecule has 4 N–H and O–H groups in total. The number of imidazole rings is 1. The highest BCUT2D eigenvalue weighted by Crippen LogP contribution is 2.31. The number of nitrogens with one attached hydrogen (secondary N) is 2. The number of nitrogens with two attached hydrogens (primary N) is 1. The zero-order valence-corrected chi connectivity index (χ0v) is 18.1. The van der Waals surface area contributed by atoms with Crippen molar-refractivity contribution in [3.8, 4) is 11.3 Å². The molecule has 0 aliphatic carbocycles. The van der Waals surface area contributed by atoms with E-state index in [0.717, 1.165) is 47.7 Å². The van der Waals surface area contributed by atoms with Gasteiger partial charge in [-0.15, -0.1) is 0 Å². The maximum atomic E-state index is 5.54. The van der Waals surface area contributed by atoms with Gasteiger partial charge in [0.15, 0.2) is 0 Å². The van der Waals surface area contributed by atoms with E-state index in [1.807, 2.05) is 12.1 Å². The van der Waals surface area contributed by atoms with Crippen LogP contribution in [0.4, 0.5) is 5.95 Å². The number of anilines is 1. The van der Waals surface area contributed by atoms with Crippen LogP contribution in [0.1, 0.15) is 24.5 Å². The highest BCUT2D eigenvalue weighted by molar-refractivity contribution is 9.10. The van der Waals surface area contributed by atoms with Gasteiger partial charge >= 0.3 is 0 Å². The van der Waals surface area contributed by atoms with Gasteiger partial charge in [-0.2, -0.15) is 0 Å². The topological polar surface area (TPSA) is 67.9 Å². The molecule has 0 saturated heterocycles. The Morgan fingerprint density at radius 2 is 1.83 bits per heavy atom. The summed E-state index contributed by atoms with van der Waals surface area (Å²) in [5.74, 6) is 0.875. The number of halogens is 1. The number of fused-ring (bicyclic) bond motifs is 1. The summed E-state index contributed by atoms with van der Waals surface area (Å²) in [7, 11) is 0. The van der Waals surface area contributed by atoms with Gasteiger partial charge in [-0.3, -0.25) is 4.57 Å². The molecule has 1 aromatic heterocycles. The average Bonchev–Trinajstić information content (AvgIpc) is 3.14. The average molecular weight is 452 g/mol. The maximum Gasteiger partial charge on any atom is 0.208 e. The molecule has 0 fully saturated rings. The van der Waals surface area contributed by atoms with Gasteiger partial charge in [0.25, 0.3) is 0 Å². The van der Waals surface area contributed by atoms with Crippen LogP contribution in [0.2, 0.25) is 0 Å². The summed E-state index contributed by atoms with van der Waals surface area (Å²) in [5, 5.41) is 6.95. The Bertz CT molecular complexity index is 989. The van der Waals surface area contributed by atoms with Gasteiger partial charge in [-0.1, -0.05) is 52.3 Å². The van der Waals surface area contributed by atoms with E-state index in [9.17, 15) is 0 Å². The lowest BCUT2D eigenvalue weighted by molar-refractivity contribution is 0.655. The molecule has 0 spiro atoms. The summed E-state index contributed by atoms with van der Waals surface area (Å²) in [5.41, 5.74) is 11.4. The van der Waals surface area contributed by atoms with Crippen LogP contribution in [0.5, 0.6) is 0 Å². The van der Waals surface area contributed by atoms with Gasteiger partial charge in [-0.25, -0.2) is 4.98 Å². The highest BCUT2D eigenvalue weighted by Gasteiger charge is 2.20. The van der Waals surface area contributed by atoms with Crippen molar-refractivity contribution >= 4 is 33.7 Å². The SMILES string of the molecule is CC1Nc2nc(-c3ccc(Br)cc3)cn2C=C1c1ccc(CNCCCN)cc1. The van der Waals surface area contributed by atoms with Crippen molar-refractivity contribution in [3.63, 3.8) is 0 Å². The maximum absolute atomic E-state index is 5.54. The van der Waals surface area contributed by atoms with Crippen molar-refractivity contribution in [3.05, 3.63) is 70.3 Å². The third kappa shape index (κ3) is 4.61. The van der Waals surface area contributed by atoms with Gasteiger partial charge < -0.3 is 16.4 Å². The molecular weight excluding hydrogens is 426 g/mol. The van der Waals surface area contributed by atoms with E-state index in [1.165, 1.54) is 16.7 Å². The molecular formula is C23H26BrN5. The van der Waals surface area contributed by atoms with Gasteiger partial charge in [0.05, 0.1) is 11.7 Å². The van der Waals surface area contributed by atoms with Crippen LogP contribution < -0.4 is 16.4 Å². The zero-order chi connectivity index (χ0) is 20.2. The molecule has 3 aromatic rings. The monoisotopic (exact) mass is 451 g/mol. The number of hydrogen-bond acceptors (Lipinski definition) is 4. The Balaban J connectivity index is 1.53. The Labute approximate surface area is 180 Å². The minimum atomic E-state index is 0.191. The minimum absolute atomic E-state index is 0.191. The smallest absolute Gasteiger partial charge is 0.208 e. The summed E-state index contributed by atoms with van der Waals surface area (Å²) in [6.07, 6.45) is 5.26. The van der Waals surface area contributed by atoms with Crippen molar-refractivity contribution in [2.75, 3.05) is 18.4 Å². The standard InChI is InChI=1S/C23H26BrN5/c1-16-21(18-5-3-17(4-6-18)13-26-12-2-11-25)14-29-15-22(28-23(29)27-16)19-7-9-20(24)10-8-19/h3-10,14-16,26H,2,11-13,25H2,1H3,(H,27,28). The zero-order valence-electron chi connectivity index (χ0n) is 16.5. The molecule has 1 atom stereocenters. The Kier molecular flexibility index (Phi) is 6.13. The third-order valence-corrected chi connectivity index (χ3v) is 5.67. The predicted octanol–water partition coefficient (Wildman–Crippen LogP) is 4.56. The van der Waals surface area contributed by atoms with Gasteiger partial charge in [0.2, 0.25) is 5.95 Å². The number of aromatic nitrogens is 2. The third-order valence-electron chi connectivity index (χ3n) is 5.14. The van der Waals surface area contributed by atoms with E-state index in [4.69, 9.17) is 10.7 Å². The van der Waals surface area contributed by atoms with Crippen LogP contribution in [-0.2, 0) is 6.54 Å². The first-order chi connectivity index (χ1) is 14.1. The Morgan fingerprint density at radius 1 is 1.10 bits per heavy atom. The van der Waals surface area contributed by atoms with Crippen LogP contribution in [-0.4, -0.2) is 28.7 Å². The van der Waals surface area contributed by atoms with Crippen LogP contribution in [0.3, 0.4) is 0 Å². The molecule has 0 saturated carbocycles. The van der Waals surface area contributed by atoms with Crippen molar-refractivity contribution in [2.45, 2.75) is 25.9 Å². The van der Waals surface area contributed by atoms with Crippen LogP contribution in [0.15, 0.2) is 59.2 Å². The lowest BCUT2D eigenvalue weighted by atomic mass is 9.98. The molecule has 4 rings (SSSR count). The molecule has 5 nitrogen and oxygen atoms in total. The van der Waals surface area contributed by atoms with E-state index in [2.05, 4.69) is 86.8 Å². The summed E-state index contributed by atoms with van der Waals surface area (Å²) < 4.78 is 3.15. The molecule has 150 valence electrons. The first-order valence-electron chi connectivity index (χ1n) is 9.97. The second-order valence-electron chi connectivity index (χ2n) is 7.33. The predicted molar refractivity (Wildman–Crippen MR) is 124 cm³/mol. The molecule has 6 heteroatoms. The highest BCUT2D eigenvalue weighted by atomic mass is 79.9. The molecule has 0 amide bonds. The van der Waals surface area contributed by atoms with Gasteiger partial charge in [0, 0.05) is 29.0 Å². The number of hydrogen-bond donors (Lipinski definition) is 3. The van der Waals surface area contributed by atoms with E-state index in [1.54, 1.807) is 0 Å². The minimum Gasteiger partial charge on any atom is -0.349 e. The van der Waals surface area contributed by atoms with Crippen molar-refractivity contribution in [1.82, 2.24) is 14.9 Å². The van der Waals surface area contributed by atoms with Gasteiger partial charge in [-0.05, 0) is 55.3 Å². The lowest BCUT2D eigenvalue weighted by Crippen LogP contribution is -2.23. The Hall–Kier alpha value is -2.41. The first-order valence-corrected chi connectivity index (χ1v) is 10.8. The lowest BCUT2D eigenvalue weighted by Gasteiger charge is -2.24. The first kappa shape index (κ1) is 19.9. The van der Waals surface area contributed by atoms with Gasteiger partial charge in [0.1, 0.15) is 0 Å². The van der Waals surface area contributed by atoms with Crippen LogP contribution in [0.25, 0.3) is 23.0 Å². The van der Waals surface area contributed by atoms with Crippen LogP contribution in [0, 0.1) is 0 Å². The largest absolute Gasteiger partial charge is 0.349 e. The number of nitrogens with zero attached hydrogens (tertiary/aromatic N) is 2. The molecule has 1 aliphatic rings. The number of rotatable bonds is 7. The fourth-order valence-electron chi connectivity index (χ4n) is 3.49.